The fourth-order valence-corrected chi connectivity index (χ4v) is 3.97. The lowest BCUT2D eigenvalue weighted by molar-refractivity contribution is 0.143. The minimum Gasteiger partial charge on any atom is -0.489 e. The van der Waals surface area contributed by atoms with Gasteiger partial charge in [0.2, 0.25) is 0 Å². The van der Waals surface area contributed by atoms with E-state index in [2.05, 4.69) is 39.4 Å². The molecule has 2 atom stereocenters. The molecule has 0 bridgehead atoms. The predicted molar refractivity (Wildman–Crippen MR) is 124 cm³/mol. The second-order valence-corrected chi connectivity index (χ2v) is 9.17. The molecule has 0 spiro atoms. The molecule has 33 heavy (non-hydrogen) atoms. The second kappa shape index (κ2) is 9.37. The highest BCUT2D eigenvalue weighted by molar-refractivity contribution is 5.89. The van der Waals surface area contributed by atoms with Crippen molar-refractivity contribution in [3.05, 3.63) is 11.9 Å². The van der Waals surface area contributed by atoms with Gasteiger partial charge in [-0.25, -0.2) is 14.6 Å². The highest BCUT2D eigenvalue weighted by Gasteiger charge is 2.24. The average molecular weight is 454 g/mol. The zero-order chi connectivity index (χ0) is 23.6. The second-order valence-electron chi connectivity index (χ2n) is 9.17. The van der Waals surface area contributed by atoms with Gasteiger partial charge in [-0.1, -0.05) is 12.8 Å². The molecule has 0 aromatic carbocycles. The minimum atomic E-state index is -1.16. The highest BCUT2D eigenvalue weighted by atomic mass is 16.6. The van der Waals surface area contributed by atoms with Crippen LogP contribution in [0.2, 0.25) is 0 Å². The van der Waals surface area contributed by atoms with Crippen molar-refractivity contribution in [1.82, 2.24) is 30.2 Å². The molecule has 0 aliphatic carbocycles. The van der Waals surface area contributed by atoms with Gasteiger partial charge in [0, 0.05) is 19.0 Å². The average Bonchev–Trinajstić information content (AvgIpc) is 3.29. The molecule has 4 N–H and O–H groups in total. The third-order valence-corrected chi connectivity index (χ3v) is 5.73. The number of aromatic nitrogens is 5. The molecule has 1 aliphatic heterocycles. The largest absolute Gasteiger partial charge is 0.489 e. The van der Waals surface area contributed by atoms with E-state index in [1.54, 1.807) is 20.0 Å². The number of aliphatic hydroxyl groups is 1. The third kappa shape index (κ3) is 5.10. The van der Waals surface area contributed by atoms with Crippen LogP contribution in [0.5, 0.6) is 5.75 Å². The molecule has 176 valence electrons. The molecule has 3 aromatic rings. The first kappa shape index (κ1) is 23.0. The van der Waals surface area contributed by atoms with Crippen molar-refractivity contribution in [3.8, 4) is 29.1 Å². The Morgan fingerprint density at radius 1 is 1.33 bits per heavy atom. The molecule has 1 fully saturated rings. The molecular formula is C23H31N7O3. The van der Waals surface area contributed by atoms with Crippen molar-refractivity contribution < 1.29 is 14.5 Å². The number of nitrogens with zero attached hydrogens (tertiary/aromatic N) is 5. The third-order valence-electron chi connectivity index (χ3n) is 5.73. The summed E-state index contributed by atoms with van der Waals surface area (Å²) in [6.07, 6.45) is 3.96. The first-order valence-electron chi connectivity index (χ1n) is 11.3. The molecule has 10 nitrogen and oxygen atoms in total. The number of nitrogens with two attached hydrogens (primary N) is 1. The Morgan fingerprint density at radius 2 is 2.15 bits per heavy atom. The Hall–Kier alpha value is -3.16. The van der Waals surface area contributed by atoms with Crippen LogP contribution in [0, 0.1) is 23.7 Å². The maximum atomic E-state index is 10.1. The fraction of sp³-hybridized carbons (Fsp3) is 0.565. The molecule has 4 heterocycles. The number of imidazole rings is 1. The van der Waals surface area contributed by atoms with Crippen molar-refractivity contribution in [3.63, 3.8) is 0 Å². The van der Waals surface area contributed by atoms with E-state index in [1.807, 2.05) is 11.5 Å². The topological polar surface area (TPSA) is 137 Å². The smallest absolute Gasteiger partial charge is 0.199 e. The normalized spacial score (nSPS) is 19.2. The van der Waals surface area contributed by atoms with Crippen LogP contribution < -0.4 is 15.8 Å². The summed E-state index contributed by atoms with van der Waals surface area (Å²) in [5.41, 5.74) is 6.88. The Morgan fingerprint density at radius 3 is 2.85 bits per heavy atom. The van der Waals surface area contributed by atoms with Crippen molar-refractivity contribution >= 4 is 16.9 Å². The molecule has 0 radical (unpaired) electrons. The molecule has 1 saturated heterocycles. The number of nitrogens with one attached hydrogen (secondary N) is 1. The van der Waals surface area contributed by atoms with Gasteiger partial charge in [-0.15, -0.1) is 0 Å². The SMILES string of the molecule is CCn1c(-c2nonc2N)nc2c(C#CC(C)(C)O)ncc(OC[C@H]3CCC(C)CNC3)c21. The summed E-state index contributed by atoms with van der Waals surface area (Å²) in [5.74, 6) is 8.11. The van der Waals surface area contributed by atoms with Crippen molar-refractivity contribution in [2.75, 3.05) is 25.4 Å². The van der Waals surface area contributed by atoms with E-state index in [9.17, 15) is 5.11 Å². The van der Waals surface area contributed by atoms with Gasteiger partial charge >= 0.3 is 0 Å². The number of anilines is 1. The minimum absolute atomic E-state index is 0.151. The van der Waals surface area contributed by atoms with Gasteiger partial charge in [-0.3, -0.25) is 0 Å². The van der Waals surface area contributed by atoms with E-state index in [0.29, 0.717) is 53.5 Å². The zero-order valence-electron chi connectivity index (χ0n) is 19.6. The van der Waals surface area contributed by atoms with E-state index >= 15 is 0 Å². The van der Waals surface area contributed by atoms with Gasteiger partial charge < -0.3 is 25.5 Å². The van der Waals surface area contributed by atoms with Crippen molar-refractivity contribution in [2.45, 2.75) is 52.7 Å². The van der Waals surface area contributed by atoms with Crippen LogP contribution >= 0.6 is 0 Å². The summed E-state index contributed by atoms with van der Waals surface area (Å²) in [5, 5.41) is 21.2. The lowest BCUT2D eigenvalue weighted by Gasteiger charge is -2.16. The quantitative estimate of drug-likeness (QED) is 0.497. The van der Waals surface area contributed by atoms with Crippen molar-refractivity contribution in [1.29, 1.82) is 0 Å². The maximum Gasteiger partial charge on any atom is 0.199 e. The number of pyridine rings is 1. The molecule has 0 amide bonds. The van der Waals surface area contributed by atoms with Crippen LogP contribution in [0.15, 0.2) is 10.8 Å². The number of ether oxygens (including phenoxy) is 1. The fourth-order valence-electron chi connectivity index (χ4n) is 3.97. The summed E-state index contributed by atoms with van der Waals surface area (Å²) in [6, 6.07) is 0. The van der Waals surface area contributed by atoms with Crippen molar-refractivity contribution in [2.24, 2.45) is 11.8 Å². The molecule has 4 rings (SSSR count). The summed E-state index contributed by atoms with van der Waals surface area (Å²) in [4.78, 5) is 9.25. The summed E-state index contributed by atoms with van der Waals surface area (Å²) < 4.78 is 13.1. The lowest BCUT2D eigenvalue weighted by atomic mass is 10.0. The molecule has 1 unspecified atom stereocenters. The Kier molecular flexibility index (Phi) is 6.54. The van der Waals surface area contributed by atoms with Gasteiger partial charge in [0.05, 0.1) is 12.8 Å². The molecular weight excluding hydrogens is 422 g/mol. The number of fused-ring (bicyclic) bond motifs is 1. The standard InChI is InChI=1S/C23H31N7O3/c1-5-30-20-17(32-13-15-7-6-14(2)10-25-11-15)12-26-16(8-9-23(3,4)31)18(20)27-22(30)19-21(24)29-33-28-19/h12,14-15,25,31H,5-7,10-11,13H2,1-4H3,(H2,24,29)/t14?,15-/m0/s1. The van der Waals surface area contributed by atoms with Gasteiger partial charge in [0.1, 0.15) is 22.3 Å². The van der Waals surface area contributed by atoms with E-state index in [0.717, 1.165) is 25.0 Å². The van der Waals surface area contributed by atoms with E-state index in [-0.39, 0.29) is 5.82 Å². The van der Waals surface area contributed by atoms with Crippen LogP contribution in [0.4, 0.5) is 5.82 Å². The first-order valence-corrected chi connectivity index (χ1v) is 11.3. The number of rotatable bonds is 5. The molecule has 3 aromatic heterocycles. The van der Waals surface area contributed by atoms with E-state index in [4.69, 9.17) is 20.1 Å². The van der Waals surface area contributed by atoms with Crippen LogP contribution in [-0.2, 0) is 6.54 Å². The number of hydrogen-bond donors (Lipinski definition) is 3. The Labute approximate surface area is 192 Å². The number of aryl methyl sites for hydroxylation is 1. The van der Waals surface area contributed by atoms with Gasteiger partial charge in [-0.2, -0.15) is 0 Å². The summed E-state index contributed by atoms with van der Waals surface area (Å²) in [6.45, 7) is 10.6. The maximum absolute atomic E-state index is 10.1. The van der Waals surface area contributed by atoms with E-state index in [1.165, 1.54) is 6.42 Å². The highest BCUT2D eigenvalue weighted by Crippen LogP contribution is 2.33. The van der Waals surface area contributed by atoms with Gasteiger partial charge in [0.25, 0.3) is 0 Å². The number of nitrogen functional groups attached to an aromatic ring is 1. The zero-order valence-corrected chi connectivity index (χ0v) is 19.6. The summed E-state index contributed by atoms with van der Waals surface area (Å²) in [7, 11) is 0. The Balaban J connectivity index is 1.77. The Bertz CT molecular complexity index is 1180. The van der Waals surface area contributed by atoms with Gasteiger partial charge in [0.15, 0.2) is 23.1 Å². The number of hydrogen-bond acceptors (Lipinski definition) is 9. The molecule has 0 saturated carbocycles. The summed E-state index contributed by atoms with van der Waals surface area (Å²) >= 11 is 0. The van der Waals surface area contributed by atoms with Crippen LogP contribution in [0.1, 0.15) is 46.2 Å². The monoisotopic (exact) mass is 453 g/mol. The van der Waals surface area contributed by atoms with Crippen LogP contribution in [-0.4, -0.2) is 55.3 Å². The molecule has 10 heteroatoms. The van der Waals surface area contributed by atoms with Crippen LogP contribution in [0.25, 0.3) is 22.6 Å². The van der Waals surface area contributed by atoms with Gasteiger partial charge in [-0.05, 0) is 62.3 Å². The van der Waals surface area contributed by atoms with E-state index < -0.39 is 5.60 Å². The first-order chi connectivity index (χ1) is 15.8. The predicted octanol–water partition coefficient (Wildman–Crippen LogP) is 2.22. The lowest BCUT2D eigenvalue weighted by Crippen LogP contribution is -2.26. The van der Waals surface area contributed by atoms with Crippen LogP contribution in [0.3, 0.4) is 0 Å². The molecule has 1 aliphatic rings.